The lowest BCUT2D eigenvalue weighted by atomic mass is 10.0. The van der Waals surface area contributed by atoms with Crippen LogP contribution in [0.1, 0.15) is 35.3 Å². The molecule has 1 heterocycles. The summed E-state index contributed by atoms with van der Waals surface area (Å²) in [5.41, 5.74) is 0.691. The quantitative estimate of drug-likeness (QED) is 0.564. The molecule has 0 aliphatic carbocycles. The second kappa shape index (κ2) is 9.03. The van der Waals surface area contributed by atoms with Crippen LogP contribution in [-0.4, -0.2) is 28.5 Å². The van der Waals surface area contributed by atoms with Crippen LogP contribution in [0.15, 0.2) is 47.6 Å². The SMILES string of the molecule is CC(=O)NCCc1ccc(C(=O)[C@@H](C)Sc2ccc(C(F)(F)F)cn2)cc1. The summed E-state index contributed by atoms with van der Waals surface area (Å²) in [6, 6.07) is 9.29. The Kier molecular flexibility index (Phi) is 7.01. The standard InChI is InChI=1S/C19H19F3N2O2S/c1-12(27-17-8-7-16(11-24-17)19(20,21)22)18(26)15-5-3-14(4-6-15)9-10-23-13(2)25/h3-8,11-12H,9-10H2,1-2H3,(H,23,25)/t12-/m1/s1. The predicted octanol–water partition coefficient (Wildman–Crippen LogP) is 4.14. The van der Waals surface area contributed by atoms with Crippen molar-refractivity contribution in [2.75, 3.05) is 6.54 Å². The number of rotatable bonds is 7. The van der Waals surface area contributed by atoms with Crippen LogP contribution >= 0.6 is 11.8 Å². The Morgan fingerprint density at radius 1 is 1.15 bits per heavy atom. The smallest absolute Gasteiger partial charge is 0.356 e. The molecule has 2 rings (SSSR count). The van der Waals surface area contributed by atoms with Crippen molar-refractivity contribution in [2.45, 2.75) is 36.7 Å². The second-order valence-electron chi connectivity index (χ2n) is 5.94. The minimum atomic E-state index is -4.43. The van der Waals surface area contributed by atoms with Crippen LogP contribution in [0.2, 0.25) is 0 Å². The Bertz CT molecular complexity index is 790. The first-order chi connectivity index (χ1) is 12.7. The fraction of sp³-hybridized carbons (Fsp3) is 0.316. The number of nitrogens with zero attached hydrogens (tertiary/aromatic N) is 1. The molecule has 0 bridgehead atoms. The highest BCUT2D eigenvalue weighted by molar-refractivity contribution is 8.00. The molecule has 4 nitrogen and oxygen atoms in total. The van der Waals surface area contributed by atoms with Gasteiger partial charge in [0.05, 0.1) is 15.8 Å². The topological polar surface area (TPSA) is 59.1 Å². The van der Waals surface area contributed by atoms with E-state index in [0.29, 0.717) is 23.6 Å². The number of nitrogens with one attached hydrogen (secondary N) is 1. The Labute approximate surface area is 159 Å². The number of hydrogen-bond acceptors (Lipinski definition) is 4. The van der Waals surface area contributed by atoms with Gasteiger partial charge < -0.3 is 5.32 Å². The molecule has 1 aromatic carbocycles. The van der Waals surface area contributed by atoms with Gasteiger partial charge in [-0.2, -0.15) is 13.2 Å². The molecule has 0 aliphatic heterocycles. The van der Waals surface area contributed by atoms with Gasteiger partial charge in [0, 0.05) is 25.2 Å². The lowest BCUT2D eigenvalue weighted by Gasteiger charge is -2.11. The van der Waals surface area contributed by atoms with Crippen molar-refractivity contribution in [2.24, 2.45) is 0 Å². The maximum absolute atomic E-state index is 12.6. The molecule has 8 heteroatoms. The molecule has 0 unspecified atom stereocenters. The van der Waals surface area contributed by atoms with E-state index in [0.717, 1.165) is 29.6 Å². The van der Waals surface area contributed by atoms with Crippen molar-refractivity contribution in [3.8, 4) is 0 Å². The highest BCUT2D eigenvalue weighted by Crippen LogP contribution is 2.30. The molecule has 27 heavy (non-hydrogen) atoms. The van der Waals surface area contributed by atoms with Gasteiger partial charge in [-0.05, 0) is 31.0 Å². The molecule has 0 saturated heterocycles. The van der Waals surface area contributed by atoms with Crippen LogP contribution in [0.4, 0.5) is 13.2 Å². The van der Waals surface area contributed by atoms with E-state index in [1.807, 2.05) is 12.1 Å². The van der Waals surface area contributed by atoms with E-state index in [1.165, 1.54) is 13.0 Å². The molecule has 0 spiro atoms. The molecule has 1 N–H and O–H groups in total. The van der Waals surface area contributed by atoms with Crippen molar-refractivity contribution >= 4 is 23.5 Å². The maximum Gasteiger partial charge on any atom is 0.417 e. The van der Waals surface area contributed by atoms with Gasteiger partial charge in [0.25, 0.3) is 0 Å². The molecule has 0 radical (unpaired) electrons. The first-order valence-corrected chi connectivity index (χ1v) is 9.12. The fourth-order valence-electron chi connectivity index (χ4n) is 2.31. The van der Waals surface area contributed by atoms with Gasteiger partial charge in [-0.15, -0.1) is 0 Å². The third kappa shape index (κ3) is 6.39. The van der Waals surface area contributed by atoms with Crippen LogP contribution in [0, 0.1) is 0 Å². The van der Waals surface area contributed by atoms with E-state index in [9.17, 15) is 22.8 Å². The van der Waals surface area contributed by atoms with Gasteiger partial charge >= 0.3 is 6.18 Å². The summed E-state index contributed by atoms with van der Waals surface area (Å²) in [5, 5.41) is 2.57. The highest BCUT2D eigenvalue weighted by Gasteiger charge is 2.30. The molecule has 1 amide bonds. The second-order valence-corrected chi connectivity index (χ2v) is 7.30. The Morgan fingerprint density at radius 3 is 2.33 bits per heavy atom. The minimum Gasteiger partial charge on any atom is -0.356 e. The van der Waals surface area contributed by atoms with E-state index < -0.39 is 17.0 Å². The third-order valence-corrected chi connectivity index (χ3v) is 4.81. The van der Waals surface area contributed by atoms with Crippen LogP contribution in [0.3, 0.4) is 0 Å². The van der Waals surface area contributed by atoms with Crippen LogP contribution in [0.25, 0.3) is 0 Å². The number of pyridine rings is 1. The van der Waals surface area contributed by atoms with E-state index in [2.05, 4.69) is 10.3 Å². The van der Waals surface area contributed by atoms with Gasteiger partial charge in [-0.25, -0.2) is 4.98 Å². The summed E-state index contributed by atoms with van der Waals surface area (Å²) in [6.45, 7) is 3.66. The zero-order chi connectivity index (χ0) is 20.0. The van der Waals surface area contributed by atoms with Gasteiger partial charge in [0.1, 0.15) is 0 Å². The lowest BCUT2D eigenvalue weighted by molar-refractivity contribution is -0.137. The number of benzene rings is 1. The molecule has 0 aliphatic rings. The third-order valence-electron chi connectivity index (χ3n) is 3.76. The van der Waals surface area contributed by atoms with Gasteiger partial charge in [0.2, 0.25) is 5.91 Å². The predicted molar refractivity (Wildman–Crippen MR) is 97.7 cm³/mol. The first kappa shape index (κ1) is 21.0. The van der Waals surface area contributed by atoms with Crippen molar-refractivity contribution in [1.29, 1.82) is 0 Å². The van der Waals surface area contributed by atoms with E-state index in [-0.39, 0.29) is 11.7 Å². The van der Waals surface area contributed by atoms with Crippen LogP contribution in [0.5, 0.6) is 0 Å². The summed E-state index contributed by atoms with van der Waals surface area (Å²) >= 11 is 1.11. The molecule has 0 fully saturated rings. The van der Waals surface area contributed by atoms with Crippen molar-refractivity contribution < 1.29 is 22.8 Å². The largest absolute Gasteiger partial charge is 0.417 e. The van der Waals surface area contributed by atoms with Crippen molar-refractivity contribution in [3.63, 3.8) is 0 Å². The zero-order valence-corrected chi connectivity index (χ0v) is 15.7. The maximum atomic E-state index is 12.6. The van der Waals surface area contributed by atoms with Crippen molar-refractivity contribution in [1.82, 2.24) is 10.3 Å². The summed E-state index contributed by atoms with van der Waals surface area (Å²) in [5.74, 6) is -0.223. The summed E-state index contributed by atoms with van der Waals surface area (Å²) in [7, 11) is 0. The number of halogens is 3. The van der Waals surface area contributed by atoms with Crippen LogP contribution < -0.4 is 5.32 Å². The normalized spacial score (nSPS) is 12.5. The number of carbonyl (C=O) groups is 2. The number of amides is 1. The average molecular weight is 396 g/mol. The van der Waals surface area contributed by atoms with Gasteiger partial charge in [-0.1, -0.05) is 36.0 Å². The first-order valence-electron chi connectivity index (χ1n) is 8.24. The van der Waals surface area contributed by atoms with Crippen molar-refractivity contribution in [3.05, 3.63) is 59.3 Å². The number of thioether (sulfide) groups is 1. The van der Waals surface area contributed by atoms with Gasteiger partial charge in [-0.3, -0.25) is 9.59 Å². The number of alkyl halides is 3. The molecular weight excluding hydrogens is 377 g/mol. The molecule has 1 aromatic heterocycles. The number of aromatic nitrogens is 1. The Balaban J connectivity index is 1.95. The van der Waals surface area contributed by atoms with Gasteiger partial charge in [0.15, 0.2) is 5.78 Å². The summed E-state index contributed by atoms with van der Waals surface area (Å²) in [6.07, 6.45) is -3.00. The van der Waals surface area contributed by atoms with E-state index in [1.54, 1.807) is 19.1 Å². The average Bonchev–Trinajstić information content (AvgIpc) is 2.61. The molecule has 1 atom stereocenters. The lowest BCUT2D eigenvalue weighted by Crippen LogP contribution is -2.22. The minimum absolute atomic E-state index is 0.0930. The molecule has 144 valence electrons. The summed E-state index contributed by atoms with van der Waals surface area (Å²) in [4.78, 5) is 27.1. The summed E-state index contributed by atoms with van der Waals surface area (Å²) < 4.78 is 37.7. The van der Waals surface area contributed by atoms with E-state index in [4.69, 9.17) is 0 Å². The Morgan fingerprint density at radius 2 is 1.81 bits per heavy atom. The number of carbonyl (C=O) groups excluding carboxylic acids is 2. The van der Waals surface area contributed by atoms with Crippen LogP contribution in [-0.2, 0) is 17.4 Å². The Hall–Kier alpha value is -2.35. The monoisotopic (exact) mass is 396 g/mol. The highest BCUT2D eigenvalue weighted by atomic mass is 32.2. The number of hydrogen-bond donors (Lipinski definition) is 1. The van der Waals surface area contributed by atoms with E-state index >= 15 is 0 Å². The number of ketones is 1. The number of Topliss-reactive ketones (excluding diaryl/α,β-unsaturated/α-hetero) is 1. The molecule has 2 aromatic rings. The molecular formula is C19H19F3N2O2S. The molecule has 0 saturated carbocycles. The fourth-order valence-corrected chi connectivity index (χ4v) is 3.17. The zero-order valence-electron chi connectivity index (χ0n) is 14.8.